The van der Waals surface area contributed by atoms with Crippen molar-refractivity contribution < 1.29 is 27.4 Å². The average molecular weight is 497 g/mol. The minimum atomic E-state index is -0.864. The van der Waals surface area contributed by atoms with Gasteiger partial charge in [0.1, 0.15) is 30.5 Å². The van der Waals surface area contributed by atoms with Crippen molar-refractivity contribution in [1.82, 2.24) is 0 Å². The van der Waals surface area contributed by atoms with Crippen LogP contribution in [-0.4, -0.2) is 19.3 Å². The second kappa shape index (κ2) is 12.1. The Morgan fingerprint density at radius 2 is 1.58 bits per heavy atom. The molecule has 3 aromatic rings. The molecule has 0 saturated heterocycles. The monoisotopic (exact) mass is 496 g/mol. The lowest BCUT2D eigenvalue weighted by Crippen LogP contribution is -2.21. The molecule has 0 unspecified atom stereocenters. The molecular weight excluding hydrogens is 465 g/mol. The molecule has 190 valence electrons. The first kappa shape index (κ1) is 25.8. The van der Waals surface area contributed by atoms with Gasteiger partial charge in [-0.2, -0.15) is 0 Å². The van der Waals surface area contributed by atoms with Crippen molar-refractivity contribution in [1.29, 1.82) is 0 Å². The zero-order valence-electron chi connectivity index (χ0n) is 20.4. The quantitative estimate of drug-likeness (QED) is 0.266. The van der Waals surface area contributed by atoms with Crippen molar-refractivity contribution in [2.45, 2.75) is 51.2 Å². The summed E-state index contributed by atoms with van der Waals surface area (Å²) in [5.41, 5.74) is 1.67. The first-order valence-corrected chi connectivity index (χ1v) is 12.3. The maximum atomic E-state index is 14.9. The van der Waals surface area contributed by atoms with Crippen LogP contribution in [0.2, 0.25) is 0 Å². The van der Waals surface area contributed by atoms with Crippen LogP contribution in [0.5, 0.6) is 11.5 Å². The van der Waals surface area contributed by atoms with Crippen LogP contribution in [0.4, 0.5) is 13.2 Å². The predicted octanol–water partition coefficient (Wildman–Crippen LogP) is 7.98. The topological polar surface area (TPSA) is 27.7 Å². The van der Waals surface area contributed by atoms with Crippen molar-refractivity contribution in [3.05, 3.63) is 95.8 Å². The van der Waals surface area contributed by atoms with Crippen LogP contribution >= 0.6 is 0 Å². The summed E-state index contributed by atoms with van der Waals surface area (Å²) in [4.78, 5) is 0. The van der Waals surface area contributed by atoms with E-state index in [2.05, 4.69) is 6.58 Å². The zero-order chi connectivity index (χ0) is 25.5. The molecule has 1 aliphatic rings. The van der Waals surface area contributed by atoms with Crippen LogP contribution in [0, 0.1) is 17.5 Å². The fourth-order valence-electron chi connectivity index (χ4n) is 4.67. The molecule has 1 fully saturated rings. The lowest BCUT2D eigenvalue weighted by atomic mass is 9.82. The fourth-order valence-corrected chi connectivity index (χ4v) is 4.67. The van der Waals surface area contributed by atoms with E-state index < -0.39 is 17.5 Å². The molecule has 3 nitrogen and oxygen atoms in total. The molecule has 0 heterocycles. The van der Waals surface area contributed by atoms with E-state index in [0.29, 0.717) is 41.4 Å². The van der Waals surface area contributed by atoms with E-state index in [0.717, 1.165) is 25.7 Å². The smallest absolute Gasteiger partial charge is 0.165 e. The molecule has 0 bridgehead atoms. The highest BCUT2D eigenvalue weighted by atomic mass is 19.2. The average Bonchev–Trinajstić information content (AvgIpc) is 2.90. The summed E-state index contributed by atoms with van der Waals surface area (Å²) in [5.74, 6) is -1.16. The highest BCUT2D eigenvalue weighted by molar-refractivity contribution is 5.65. The third-order valence-corrected chi connectivity index (χ3v) is 6.58. The third-order valence-electron chi connectivity index (χ3n) is 6.58. The molecule has 1 saturated carbocycles. The number of benzene rings is 3. The Hall–Kier alpha value is -3.25. The van der Waals surface area contributed by atoms with Crippen LogP contribution in [0.1, 0.15) is 49.7 Å². The van der Waals surface area contributed by atoms with Crippen molar-refractivity contribution in [2.24, 2.45) is 0 Å². The Morgan fingerprint density at radius 3 is 2.25 bits per heavy atom. The molecule has 0 atom stereocenters. The summed E-state index contributed by atoms with van der Waals surface area (Å²) >= 11 is 0. The standard InChI is InChI=1S/C30H31F3O3/c1-3-17-35-25-14-16-26(28(31)18-25)20-5-12-24(13-6-20)36-19-22-9-15-27(30(33)29(22)32)21-7-10-23(11-8-21)34-4-2/h3,5-6,9,12-16,18,21,23H,1,4,7-8,10-11,17,19H2,2H3. The summed E-state index contributed by atoms with van der Waals surface area (Å²) in [6.45, 7) is 6.40. The number of rotatable bonds is 10. The van der Waals surface area contributed by atoms with Gasteiger partial charge in [-0.3, -0.25) is 0 Å². The summed E-state index contributed by atoms with van der Waals surface area (Å²) in [6, 6.07) is 14.7. The molecule has 0 amide bonds. The Labute approximate surface area is 210 Å². The molecule has 1 aliphatic carbocycles. The highest BCUT2D eigenvalue weighted by Crippen LogP contribution is 2.36. The van der Waals surface area contributed by atoms with Crippen molar-refractivity contribution in [3.63, 3.8) is 0 Å². The minimum Gasteiger partial charge on any atom is -0.489 e. The molecule has 3 aromatic carbocycles. The minimum absolute atomic E-state index is 0.00160. The van der Waals surface area contributed by atoms with Gasteiger partial charge >= 0.3 is 0 Å². The summed E-state index contributed by atoms with van der Waals surface area (Å²) < 4.78 is 60.9. The van der Waals surface area contributed by atoms with E-state index in [1.54, 1.807) is 54.6 Å². The van der Waals surface area contributed by atoms with Gasteiger partial charge in [-0.05, 0) is 73.9 Å². The van der Waals surface area contributed by atoms with E-state index >= 15 is 0 Å². The molecule has 4 rings (SSSR count). The van der Waals surface area contributed by atoms with E-state index in [9.17, 15) is 13.2 Å². The van der Waals surface area contributed by atoms with Crippen molar-refractivity contribution >= 4 is 0 Å². The van der Waals surface area contributed by atoms with E-state index in [1.807, 2.05) is 6.92 Å². The summed E-state index contributed by atoms with van der Waals surface area (Å²) in [7, 11) is 0. The van der Waals surface area contributed by atoms with Gasteiger partial charge in [-0.1, -0.05) is 36.9 Å². The Bertz CT molecular complexity index is 1170. The van der Waals surface area contributed by atoms with Crippen molar-refractivity contribution in [3.8, 4) is 22.6 Å². The summed E-state index contributed by atoms with van der Waals surface area (Å²) in [5, 5.41) is 0. The lowest BCUT2D eigenvalue weighted by Gasteiger charge is -2.29. The van der Waals surface area contributed by atoms with Gasteiger partial charge in [0.15, 0.2) is 11.6 Å². The number of halogens is 3. The number of hydrogen-bond acceptors (Lipinski definition) is 3. The third kappa shape index (κ3) is 6.11. The van der Waals surface area contributed by atoms with E-state index in [-0.39, 0.29) is 24.2 Å². The molecule has 36 heavy (non-hydrogen) atoms. The highest BCUT2D eigenvalue weighted by Gasteiger charge is 2.26. The normalized spacial score (nSPS) is 17.6. The molecule has 0 aromatic heterocycles. The van der Waals surface area contributed by atoms with Crippen LogP contribution in [0.3, 0.4) is 0 Å². The maximum Gasteiger partial charge on any atom is 0.165 e. The molecule has 0 radical (unpaired) electrons. The molecular formula is C30H31F3O3. The van der Waals surface area contributed by atoms with Crippen molar-refractivity contribution in [2.75, 3.05) is 13.2 Å². The predicted molar refractivity (Wildman–Crippen MR) is 135 cm³/mol. The zero-order valence-corrected chi connectivity index (χ0v) is 20.4. The molecule has 0 aliphatic heterocycles. The molecule has 0 N–H and O–H groups in total. The Morgan fingerprint density at radius 1 is 0.861 bits per heavy atom. The van der Waals surface area contributed by atoms with Gasteiger partial charge in [0.05, 0.1) is 6.10 Å². The van der Waals surface area contributed by atoms with Gasteiger partial charge < -0.3 is 14.2 Å². The number of hydrogen-bond donors (Lipinski definition) is 0. The van der Waals surface area contributed by atoms with Crippen LogP contribution in [0.25, 0.3) is 11.1 Å². The molecule has 0 spiro atoms. The van der Waals surface area contributed by atoms with E-state index in [4.69, 9.17) is 14.2 Å². The van der Waals surface area contributed by atoms with Gasteiger partial charge in [0, 0.05) is 23.8 Å². The van der Waals surface area contributed by atoms with Gasteiger partial charge in [-0.25, -0.2) is 13.2 Å². The van der Waals surface area contributed by atoms with Gasteiger partial charge in [-0.15, -0.1) is 0 Å². The van der Waals surface area contributed by atoms with Crippen LogP contribution in [0.15, 0.2) is 67.3 Å². The Kier molecular flexibility index (Phi) is 8.70. The SMILES string of the molecule is C=CCOc1ccc(-c2ccc(OCc3ccc(C4CCC(OCC)CC4)c(F)c3F)cc2)c(F)c1. The second-order valence-electron chi connectivity index (χ2n) is 8.93. The van der Waals surface area contributed by atoms with E-state index in [1.165, 1.54) is 6.07 Å². The van der Waals surface area contributed by atoms with Crippen LogP contribution < -0.4 is 9.47 Å². The van der Waals surface area contributed by atoms with Crippen LogP contribution in [-0.2, 0) is 11.3 Å². The Balaban J connectivity index is 1.38. The fraction of sp³-hybridized carbons (Fsp3) is 0.333. The first-order valence-electron chi connectivity index (χ1n) is 12.3. The second-order valence-corrected chi connectivity index (χ2v) is 8.93. The summed E-state index contributed by atoms with van der Waals surface area (Å²) in [6.07, 6.45) is 5.09. The van der Waals surface area contributed by atoms with Gasteiger partial charge in [0.25, 0.3) is 0 Å². The lowest BCUT2D eigenvalue weighted by molar-refractivity contribution is 0.0325. The largest absolute Gasteiger partial charge is 0.489 e. The number of ether oxygens (including phenoxy) is 3. The van der Waals surface area contributed by atoms with Gasteiger partial charge in [0.2, 0.25) is 0 Å². The molecule has 6 heteroatoms. The maximum absolute atomic E-state index is 14.9. The first-order chi connectivity index (χ1) is 17.5.